The number of thioether (sulfide) groups is 1. The van der Waals surface area contributed by atoms with Crippen molar-refractivity contribution in [1.29, 1.82) is 0 Å². The molecule has 0 aliphatic heterocycles. The Morgan fingerprint density at radius 3 is 2.50 bits per heavy atom. The van der Waals surface area contributed by atoms with Gasteiger partial charge in [-0.15, -0.1) is 11.8 Å². The van der Waals surface area contributed by atoms with Gasteiger partial charge in [-0.25, -0.2) is 0 Å². The highest BCUT2D eigenvalue weighted by molar-refractivity contribution is 9.10. The quantitative estimate of drug-likeness (QED) is 0.849. The van der Waals surface area contributed by atoms with Crippen LogP contribution in [0.5, 0.6) is 0 Å². The van der Waals surface area contributed by atoms with Gasteiger partial charge in [-0.1, -0.05) is 35.0 Å². The molecule has 2 unspecified atom stereocenters. The molecule has 3 N–H and O–H groups in total. The lowest BCUT2D eigenvalue weighted by Crippen LogP contribution is -2.13. The number of nitrogens with two attached hydrogens (primary N) is 1. The van der Waals surface area contributed by atoms with E-state index in [0.29, 0.717) is 17.0 Å². The summed E-state index contributed by atoms with van der Waals surface area (Å²) in [7, 11) is 0. The fourth-order valence-electron chi connectivity index (χ4n) is 1.48. The molecule has 2 atom stereocenters. The number of benzene rings is 1. The van der Waals surface area contributed by atoms with E-state index >= 15 is 0 Å². The Hall–Kier alpha value is -0.0300. The summed E-state index contributed by atoms with van der Waals surface area (Å²) in [6.45, 7) is 3.00. The van der Waals surface area contributed by atoms with Crippen molar-refractivity contribution in [3.8, 4) is 0 Å². The maximum Gasteiger partial charge on any atom is 0.0441 e. The summed E-state index contributed by atoms with van der Waals surface area (Å²) in [6, 6.07) is 8.27. The van der Waals surface area contributed by atoms with Crippen molar-refractivity contribution in [2.75, 3.05) is 13.2 Å². The minimum atomic E-state index is 0.242. The Morgan fingerprint density at radius 1 is 1.38 bits per heavy atom. The Morgan fingerprint density at radius 2 is 2.00 bits per heavy atom. The van der Waals surface area contributed by atoms with Crippen LogP contribution in [-0.2, 0) is 0 Å². The molecule has 0 saturated heterocycles. The van der Waals surface area contributed by atoms with Crippen LogP contribution in [0.2, 0.25) is 0 Å². The molecule has 16 heavy (non-hydrogen) atoms. The number of hydrogen-bond acceptors (Lipinski definition) is 3. The summed E-state index contributed by atoms with van der Waals surface area (Å²) in [5.41, 5.74) is 7.04. The van der Waals surface area contributed by atoms with Crippen LogP contribution in [0, 0.1) is 0 Å². The molecule has 1 aromatic carbocycles. The summed E-state index contributed by atoms with van der Waals surface area (Å²) in [5, 5.41) is 9.63. The van der Waals surface area contributed by atoms with Gasteiger partial charge in [0.25, 0.3) is 0 Å². The van der Waals surface area contributed by atoms with Crippen LogP contribution in [0.15, 0.2) is 28.7 Å². The number of halogens is 1. The zero-order valence-corrected chi connectivity index (χ0v) is 11.8. The highest BCUT2D eigenvalue weighted by Crippen LogP contribution is 2.32. The highest BCUT2D eigenvalue weighted by Gasteiger charge is 2.14. The number of aliphatic hydroxyl groups is 1. The fourth-order valence-corrected chi connectivity index (χ4v) is 2.97. The van der Waals surface area contributed by atoms with Gasteiger partial charge in [0.2, 0.25) is 0 Å². The van der Waals surface area contributed by atoms with Crippen molar-refractivity contribution in [2.24, 2.45) is 5.73 Å². The van der Waals surface area contributed by atoms with E-state index in [9.17, 15) is 0 Å². The molecule has 2 nitrogen and oxygen atoms in total. The number of aliphatic hydroxyl groups excluding tert-OH is 1. The minimum Gasteiger partial charge on any atom is -0.396 e. The first-order chi connectivity index (χ1) is 7.67. The number of hydrogen-bond donors (Lipinski definition) is 2. The molecule has 1 rings (SSSR count). The molecule has 1 aromatic rings. The molecule has 0 aliphatic carbocycles. The predicted octanol–water partition coefficient (Wildman–Crippen LogP) is 2.95. The molecule has 0 saturated carbocycles. The van der Waals surface area contributed by atoms with Crippen LogP contribution in [0.3, 0.4) is 0 Å². The molecular weight excluding hydrogens is 286 g/mol. The van der Waals surface area contributed by atoms with Gasteiger partial charge in [0, 0.05) is 28.1 Å². The fraction of sp³-hybridized carbons (Fsp3) is 0.500. The lowest BCUT2D eigenvalue weighted by atomic mass is 10.1. The summed E-state index contributed by atoms with van der Waals surface area (Å²) < 4.78 is 1.08. The van der Waals surface area contributed by atoms with Crippen molar-refractivity contribution in [3.63, 3.8) is 0 Å². The van der Waals surface area contributed by atoms with Gasteiger partial charge >= 0.3 is 0 Å². The Balaban J connectivity index is 2.63. The van der Waals surface area contributed by atoms with Gasteiger partial charge in [0.1, 0.15) is 0 Å². The maximum absolute atomic E-state index is 8.88. The van der Waals surface area contributed by atoms with E-state index in [1.54, 1.807) is 0 Å². The summed E-state index contributed by atoms with van der Waals surface area (Å²) in [5.74, 6) is 0. The third-order valence-corrected chi connectivity index (χ3v) is 4.41. The largest absolute Gasteiger partial charge is 0.396 e. The van der Waals surface area contributed by atoms with E-state index in [2.05, 4.69) is 35.0 Å². The molecule has 0 radical (unpaired) electrons. The molecule has 0 bridgehead atoms. The lowest BCUT2D eigenvalue weighted by molar-refractivity contribution is 0.289. The Labute approximate surface area is 110 Å². The van der Waals surface area contributed by atoms with Gasteiger partial charge in [-0.3, -0.25) is 0 Å². The molecule has 4 heteroatoms. The molecule has 0 fully saturated rings. The standard InChI is InChI=1S/C12H18BrNOS/c1-9(6-7-15)16-12(8-14)10-2-4-11(13)5-3-10/h2-5,9,12,15H,6-8,14H2,1H3. The second-order valence-corrected chi connectivity index (χ2v) is 6.30. The average molecular weight is 304 g/mol. The van der Waals surface area contributed by atoms with Crippen LogP contribution in [0.1, 0.15) is 24.2 Å². The normalized spacial score (nSPS) is 14.8. The molecule has 0 spiro atoms. The zero-order valence-electron chi connectivity index (χ0n) is 9.40. The second-order valence-electron chi connectivity index (χ2n) is 3.73. The Bertz CT molecular complexity index is 304. The smallest absolute Gasteiger partial charge is 0.0441 e. The second kappa shape index (κ2) is 7.33. The van der Waals surface area contributed by atoms with Crippen molar-refractivity contribution in [2.45, 2.75) is 23.8 Å². The third-order valence-electron chi connectivity index (χ3n) is 2.39. The van der Waals surface area contributed by atoms with Crippen LogP contribution in [0.25, 0.3) is 0 Å². The van der Waals surface area contributed by atoms with E-state index < -0.39 is 0 Å². The third kappa shape index (κ3) is 4.45. The highest BCUT2D eigenvalue weighted by atomic mass is 79.9. The molecular formula is C12H18BrNOS. The van der Waals surface area contributed by atoms with Gasteiger partial charge < -0.3 is 10.8 Å². The van der Waals surface area contributed by atoms with E-state index in [4.69, 9.17) is 10.8 Å². The molecule has 0 aliphatic rings. The first-order valence-electron chi connectivity index (χ1n) is 5.39. The minimum absolute atomic E-state index is 0.242. The van der Waals surface area contributed by atoms with E-state index in [-0.39, 0.29) is 6.61 Å². The van der Waals surface area contributed by atoms with Gasteiger partial charge in [0.15, 0.2) is 0 Å². The summed E-state index contributed by atoms with van der Waals surface area (Å²) >= 11 is 5.25. The summed E-state index contributed by atoms with van der Waals surface area (Å²) in [4.78, 5) is 0. The molecule has 0 aromatic heterocycles. The van der Waals surface area contributed by atoms with Crippen molar-refractivity contribution in [3.05, 3.63) is 34.3 Å². The van der Waals surface area contributed by atoms with Gasteiger partial charge in [-0.05, 0) is 24.1 Å². The monoisotopic (exact) mass is 303 g/mol. The first-order valence-corrected chi connectivity index (χ1v) is 7.12. The van der Waals surface area contributed by atoms with Crippen LogP contribution in [0.4, 0.5) is 0 Å². The van der Waals surface area contributed by atoms with E-state index in [1.807, 2.05) is 23.9 Å². The predicted molar refractivity (Wildman–Crippen MR) is 74.7 cm³/mol. The topological polar surface area (TPSA) is 46.2 Å². The molecule has 90 valence electrons. The number of rotatable bonds is 6. The van der Waals surface area contributed by atoms with Crippen molar-refractivity contribution < 1.29 is 5.11 Å². The van der Waals surface area contributed by atoms with E-state index in [0.717, 1.165) is 10.9 Å². The first kappa shape index (κ1) is 14.0. The SMILES string of the molecule is CC(CCO)SC(CN)c1ccc(Br)cc1. The van der Waals surface area contributed by atoms with E-state index in [1.165, 1.54) is 5.56 Å². The van der Waals surface area contributed by atoms with Crippen LogP contribution in [-0.4, -0.2) is 23.5 Å². The average Bonchev–Trinajstić information content (AvgIpc) is 2.27. The van der Waals surface area contributed by atoms with Gasteiger partial charge in [0.05, 0.1) is 0 Å². The Kier molecular flexibility index (Phi) is 6.43. The lowest BCUT2D eigenvalue weighted by Gasteiger charge is -2.19. The molecule has 0 amide bonds. The van der Waals surface area contributed by atoms with Crippen LogP contribution < -0.4 is 5.73 Å². The molecule has 0 heterocycles. The zero-order chi connectivity index (χ0) is 12.0. The van der Waals surface area contributed by atoms with Crippen LogP contribution >= 0.6 is 27.7 Å². The maximum atomic E-state index is 8.88. The van der Waals surface area contributed by atoms with Crippen molar-refractivity contribution in [1.82, 2.24) is 0 Å². The summed E-state index contributed by atoms with van der Waals surface area (Å²) in [6.07, 6.45) is 0.817. The van der Waals surface area contributed by atoms with Gasteiger partial charge in [-0.2, -0.15) is 0 Å². The van der Waals surface area contributed by atoms with Crippen molar-refractivity contribution >= 4 is 27.7 Å².